The molecule has 0 saturated carbocycles. The second-order valence-electron chi connectivity index (χ2n) is 5.53. The van der Waals surface area contributed by atoms with Crippen LogP contribution in [0.2, 0.25) is 0 Å². The highest BCUT2D eigenvalue weighted by molar-refractivity contribution is 7.15. The highest BCUT2D eigenvalue weighted by Crippen LogP contribution is 2.38. The van der Waals surface area contributed by atoms with E-state index in [4.69, 9.17) is 0 Å². The molecular formula is C17H16N2O3S. The van der Waals surface area contributed by atoms with Gasteiger partial charge >= 0.3 is 0 Å². The molecule has 0 bridgehead atoms. The Morgan fingerprint density at radius 2 is 1.87 bits per heavy atom. The number of ketones is 1. The van der Waals surface area contributed by atoms with Gasteiger partial charge in [-0.05, 0) is 30.0 Å². The molecule has 1 aliphatic heterocycles. The summed E-state index contributed by atoms with van der Waals surface area (Å²) in [5.74, 6) is -2.70. The van der Waals surface area contributed by atoms with E-state index in [-0.39, 0.29) is 0 Å². The van der Waals surface area contributed by atoms with Crippen LogP contribution >= 0.6 is 11.3 Å². The highest BCUT2D eigenvalue weighted by atomic mass is 32.1. The summed E-state index contributed by atoms with van der Waals surface area (Å²) >= 11 is 1.35. The van der Waals surface area contributed by atoms with Crippen LogP contribution < -0.4 is 9.80 Å². The van der Waals surface area contributed by atoms with Crippen molar-refractivity contribution < 1.29 is 14.4 Å². The van der Waals surface area contributed by atoms with Crippen LogP contribution in [0.4, 0.5) is 10.7 Å². The molecule has 0 aliphatic carbocycles. The molecule has 0 fully saturated rings. The fourth-order valence-corrected chi connectivity index (χ4v) is 3.75. The first-order chi connectivity index (χ1) is 10.9. The number of para-hydroxylation sites is 1. The monoisotopic (exact) mass is 328 g/mol. The smallest absolute Gasteiger partial charge is 0.247 e. The molecule has 23 heavy (non-hydrogen) atoms. The molecule has 1 unspecified atom stereocenters. The number of anilines is 2. The van der Waals surface area contributed by atoms with E-state index in [2.05, 4.69) is 0 Å². The van der Waals surface area contributed by atoms with Gasteiger partial charge in [-0.3, -0.25) is 14.4 Å². The molecule has 5 nitrogen and oxygen atoms in total. The first-order valence-corrected chi connectivity index (χ1v) is 8.04. The molecule has 6 heteroatoms. The van der Waals surface area contributed by atoms with Crippen molar-refractivity contribution in [1.29, 1.82) is 0 Å². The molecule has 1 aliphatic rings. The molecule has 1 atom stereocenters. The first kappa shape index (κ1) is 15.4. The minimum Gasteiger partial charge on any atom is -0.314 e. The Bertz CT molecular complexity index is 797. The minimum atomic E-state index is -1.31. The zero-order chi connectivity index (χ0) is 16.7. The van der Waals surface area contributed by atoms with Crippen LogP contribution in [-0.4, -0.2) is 31.7 Å². The lowest BCUT2D eigenvalue weighted by Crippen LogP contribution is -2.50. The van der Waals surface area contributed by atoms with Crippen LogP contribution in [0.25, 0.3) is 0 Å². The molecule has 1 aromatic carbocycles. The Morgan fingerprint density at radius 1 is 1.22 bits per heavy atom. The number of carbonyl (C=O) groups excluding carboxylic acids is 3. The fourth-order valence-electron chi connectivity index (χ4n) is 2.72. The van der Waals surface area contributed by atoms with Crippen molar-refractivity contribution >= 4 is 39.6 Å². The number of amides is 2. The third-order valence-electron chi connectivity index (χ3n) is 4.07. The van der Waals surface area contributed by atoms with Gasteiger partial charge in [0.25, 0.3) is 0 Å². The van der Waals surface area contributed by atoms with Crippen molar-refractivity contribution in [3.63, 3.8) is 0 Å². The van der Waals surface area contributed by atoms with Crippen molar-refractivity contribution in [3.05, 3.63) is 46.8 Å². The number of benzene rings is 1. The Morgan fingerprint density at radius 3 is 2.52 bits per heavy atom. The van der Waals surface area contributed by atoms with Gasteiger partial charge < -0.3 is 9.80 Å². The molecular weight excluding hydrogens is 312 g/mol. The summed E-state index contributed by atoms with van der Waals surface area (Å²) in [7, 11) is 3.18. The van der Waals surface area contributed by atoms with E-state index in [1.165, 1.54) is 21.1 Å². The molecule has 1 aromatic heterocycles. The molecule has 0 N–H and O–H groups in total. The van der Waals surface area contributed by atoms with Crippen molar-refractivity contribution in [2.24, 2.45) is 5.92 Å². The summed E-state index contributed by atoms with van der Waals surface area (Å²) in [6.07, 6.45) is 0. The van der Waals surface area contributed by atoms with E-state index in [0.29, 0.717) is 16.3 Å². The van der Waals surface area contributed by atoms with Crippen LogP contribution in [0.5, 0.6) is 0 Å². The Labute approximate surface area is 138 Å². The van der Waals surface area contributed by atoms with E-state index in [9.17, 15) is 14.4 Å². The third-order valence-corrected chi connectivity index (χ3v) is 5.24. The summed E-state index contributed by atoms with van der Waals surface area (Å²) in [6, 6.07) is 8.97. The standard InChI is InChI=1S/C17H16N2O3S/c1-10-9-23-17-12(10)14(20)13(16(22)19(17)3)15(21)18(2)11-7-5-4-6-8-11/h4-9,13H,1-3H3. The van der Waals surface area contributed by atoms with Crippen LogP contribution in [-0.2, 0) is 9.59 Å². The maximum Gasteiger partial charge on any atom is 0.247 e. The van der Waals surface area contributed by atoms with Crippen molar-refractivity contribution in [1.82, 2.24) is 0 Å². The summed E-state index contributed by atoms with van der Waals surface area (Å²) in [6.45, 7) is 1.82. The molecule has 3 rings (SSSR count). The number of rotatable bonds is 2. The normalized spacial score (nSPS) is 17.2. The van der Waals surface area contributed by atoms with Crippen LogP contribution in [0.3, 0.4) is 0 Å². The highest BCUT2D eigenvalue weighted by Gasteiger charge is 2.45. The van der Waals surface area contributed by atoms with Gasteiger partial charge in [0.05, 0.1) is 5.56 Å². The predicted molar refractivity (Wildman–Crippen MR) is 90.1 cm³/mol. The van der Waals surface area contributed by atoms with E-state index >= 15 is 0 Å². The largest absolute Gasteiger partial charge is 0.314 e. The SMILES string of the molecule is Cc1csc2c1C(=O)C(C(=O)N(C)c1ccccc1)C(=O)N2C. The number of hydrogen-bond acceptors (Lipinski definition) is 4. The summed E-state index contributed by atoms with van der Waals surface area (Å²) in [5, 5.41) is 2.45. The van der Waals surface area contributed by atoms with Gasteiger partial charge in [-0.25, -0.2) is 0 Å². The third kappa shape index (κ3) is 2.35. The van der Waals surface area contributed by atoms with Gasteiger partial charge in [-0.2, -0.15) is 0 Å². The predicted octanol–water partition coefficient (Wildman–Crippen LogP) is 2.49. The molecule has 2 heterocycles. The van der Waals surface area contributed by atoms with E-state index in [1.54, 1.807) is 38.4 Å². The second-order valence-corrected chi connectivity index (χ2v) is 6.38. The Hall–Kier alpha value is -2.47. The van der Waals surface area contributed by atoms with Crippen LogP contribution in [0.1, 0.15) is 15.9 Å². The number of fused-ring (bicyclic) bond motifs is 1. The maximum absolute atomic E-state index is 12.8. The lowest BCUT2D eigenvalue weighted by Gasteiger charge is -2.30. The van der Waals surface area contributed by atoms with Gasteiger partial charge in [-0.1, -0.05) is 18.2 Å². The van der Waals surface area contributed by atoms with Crippen molar-refractivity contribution in [2.45, 2.75) is 6.92 Å². The van der Waals surface area contributed by atoms with E-state index in [0.717, 1.165) is 5.56 Å². The number of aryl methyl sites for hydroxylation is 1. The van der Waals surface area contributed by atoms with E-state index in [1.807, 2.05) is 18.4 Å². The van der Waals surface area contributed by atoms with Gasteiger partial charge in [0.2, 0.25) is 11.8 Å². The fraction of sp³-hybridized carbons (Fsp3) is 0.235. The Kier molecular flexibility index (Phi) is 3.77. The number of Topliss-reactive ketones (excluding diaryl/α,β-unsaturated/α-hetero) is 1. The topological polar surface area (TPSA) is 57.7 Å². The lowest BCUT2D eigenvalue weighted by molar-refractivity contribution is -0.130. The molecule has 2 aromatic rings. The molecule has 118 valence electrons. The van der Waals surface area contributed by atoms with Crippen LogP contribution in [0, 0.1) is 12.8 Å². The second kappa shape index (κ2) is 5.62. The summed E-state index contributed by atoms with van der Waals surface area (Å²) < 4.78 is 0. The van der Waals surface area contributed by atoms with Crippen molar-refractivity contribution in [2.75, 3.05) is 23.9 Å². The number of thiophene rings is 1. The molecule has 0 radical (unpaired) electrons. The Balaban J connectivity index is 2.00. The minimum absolute atomic E-state index is 0.408. The molecule has 0 saturated heterocycles. The average Bonchev–Trinajstić information content (AvgIpc) is 2.95. The number of hydrogen-bond donors (Lipinski definition) is 0. The van der Waals surface area contributed by atoms with Crippen molar-refractivity contribution in [3.8, 4) is 0 Å². The number of carbonyl (C=O) groups is 3. The van der Waals surface area contributed by atoms with Crippen LogP contribution in [0.15, 0.2) is 35.7 Å². The summed E-state index contributed by atoms with van der Waals surface area (Å²) in [5.41, 5.74) is 1.93. The van der Waals surface area contributed by atoms with E-state index < -0.39 is 23.5 Å². The van der Waals surface area contributed by atoms with Gasteiger partial charge in [-0.15, -0.1) is 11.3 Å². The average molecular weight is 328 g/mol. The molecule has 2 amide bonds. The van der Waals surface area contributed by atoms with Gasteiger partial charge in [0.1, 0.15) is 5.00 Å². The number of nitrogens with zero attached hydrogens (tertiary/aromatic N) is 2. The zero-order valence-corrected chi connectivity index (χ0v) is 13.9. The summed E-state index contributed by atoms with van der Waals surface area (Å²) in [4.78, 5) is 40.8. The van der Waals surface area contributed by atoms with Gasteiger partial charge in [0, 0.05) is 19.8 Å². The van der Waals surface area contributed by atoms with Gasteiger partial charge in [0.15, 0.2) is 11.7 Å². The quantitative estimate of drug-likeness (QED) is 0.796. The zero-order valence-electron chi connectivity index (χ0n) is 13.1. The first-order valence-electron chi connectivity index (χ1n) is 7.16. The maximum atomic E-state index is 12.8. The molecule has 0 spiro atoms. The lowest BCUT2D eigenvalue weighted by atomic mass is 9.90.